The Labute approximate surface area is 141 Å². The van der Waals surface area contributed by atoms with Crippen LogP contribution in [0.15, 0.2) is 42.7 Å². The van der Waals surface area contributed by atoms with Gasteiger partial charge in [0.2, 0.25) is 0 Å². The molecule has 1 aromatic heterocycles. The van der Waals surface area contributed by atoms with Crippen LogP contribution < -0.4 is 0 Å². The molecule has 1 unspecified atom stereocenters. The molecule has 0 bridgehead atoms. The van der Waals surface area contributed by atoms with Crippen LogP contribution in [0.3, 0.4) is 0 Å². The van der Waals surface area contributed by atoms with Gasteiger partial charge in [-0.2, -0.15) is 0 Å². The highest BCUT2D eigenvalue weighted by Crippen LogP contribution is 2.16. The van der Waals surface area contributed by atoms with Gasteiger partial charge in [0.1, 0.15) is 0 Å². The van der Waals surface area contributed by atoms with Crippen LogP contribution in [0.2, 0.25) is 0 Å². The molecule has 1 amide bonds. The van der Waals surface area contributed by atoms with Crippen molar-refractivity contribution < 1.29 is 14.3 Å². The predicted molar refractivity (Wildman–Crippen MR) is 91.2 cm³/mol. The van der Waals surface area contributed by atoms with E-state index < -0.39 is 0 Å². The van der Waals surface area contributed by atoms with Crippen LogP contribution in [0.5, 0.6) is 0 Å². The van der Waals surface area contributed by atoms with E-state index in [4.69, 9.17) is 4.74 Å². The standard InChI is InChI=1S/C19H22N2O3/c1-2-21(13-17-4-3-11-24-17)19(23)15-7-5-14(6-8-15)18(22)16-9-10-20-12-16/h5-10,12,17,20H,2-4,11,13H2,1H3. The van der Waals surface area contributed by atoms with E-state index in [9.17, 15) is 9.59 Å². The van der Waals surface area contributed by atoms with Crippen molar-refractivity contribution in [1.82, 2.24) is 9.88 Å². The van der Waals surface area contributed by atoms with Crippen molar-refractivity contribution in [3.8, 4) is 0 Å². The smallest absolute Gasteiger partial charge is 0.253 e. The molecule has 2 aromatic rings. The molecule has 5 heteroatoms. The number of ether oxygens (including phenoxy) is 1. The fraction of sp³-hybridized carbons (Fsp3) is 0.368. The number of amides is 1. The molecule has 1 aromatic carbocycles. The third-order valence-electron chi connectivity index (χ3n) is 4.37. The summed E-state index contributed by atoms with van der Waals surface area (Å²) in [6.07, 6.45) is 5.60. The third kappa shape index (κ3) is 3.57. The number of H-pyrrole nitrogens is 1. The minimum Gasteiger partial charge on any atom is -0.376 e. The van der Waals surface area contributed by atoms with Gasteiger partial charge in [0, 0.05) is 48.8 Å². The lowest BCUT2D eigenvalue weighted by Gasteiger charge is -2.24. The molecular weight excluding hydrogens is 304 g/mol. The average molecular weight is 326 g/mol. The van der Waals surface area contributed by atoms with Crippen molar-refractivity contribution in [2.45, 2.75) is 25.9 Å². The first-order valence-corrected chi connectivity index (χ1v) is 8.37. The number of nitrogens with one attached hydrogen (secondary N) is 1. The largest absolute Gasteiger partial charge is 0.376 e. The zero-order valence-electron chi connectivity index (χ0n) is 13.8. The molecule has 1 aliphatic heterocycles. The Bertz CT molecular complexity index is 686. The maximum absolute atomic E-state index is 12.7. The minimum absolute atomic E-state index is 0.0198. The molecule has 0 spiro atoms. The molecule has 5 nitrogen and oxygen atoms in total. The quantitative estimate of drug-likeness (QED) is 0.830. The van der Waals surface area contributed by atoms with Crippen molar-refractivity contribution in [1.29, 1.82) is 0 Å². The Morgan fingerprint density at radius 3 is 2.50 bits per heavy atom. The molecule has 1 fully saturated rings. The van der Waals surface area contributed by atoms with Crippen LogP contribution in [-0.2, 0) is 4.74 Å². The lowest BCUT2D eigenvalue weighted by molar-refractivity contribution is 0.0539. The van der Waals surface area contributed by atoms with Crippen LogP contribution >= 0.6 is 0 Å². The normalized spacial score (nSPS) is 17.0. The van der Waals surface area contributed by atoms with Crippen molar-refractivity contribution in [3.63, 3.8) is 0 Å². The Balaban J connectivity index is 1.69. The van der Waals surface area contributed by atoms with Gasteiger partial charge < -0.3 is 14.6 Å². The van der Waals surface area contributed by atoms with E-state index in [0.29, 0.717) is 29.8 Å². The van der Waals surface area contributed by atoms with Gasteiger partial charge in [-0.05, 0) is 38.0 Å². The number of carbonyl (C=O) groups is 2. The lowest BCUT2D eigenvalue weighted by Crippen LogP contribution is -2.37. The van der Waals surface area contributed by atoms with Crippen LogP contribution in [0.4, 0.5) is 0 Å². The highest BCUT2D eigenvalue weighted by molar-refractivity contribution is 6.09. The molecule has 1 aliphatic rings. The SMILES string of the molecule is CCN(CC1CCCO1)C(=O)c1ccc(C(=O)c2cc[nH]c2)cc1. The van der Waals surface area contributed by atoms with E-state index >= 15 is 0 Å². The van der Waals surface area contributed by atoms with Gasteiger partial charge >= 0.3 is 0 Å². The Kier molecular flexibility index (Phi) is 5.11. The highest BCUT2D eigenvalue weighted by Gasteiger charge is 2.22. The summed E-state index contributed by atoms with van der Waals surface area (Å²) in [6.45, 7) is 4.02. The van der Waals surface area contributed by atoms with Crippen LogP contribution in [-0.4, -0.2) is 47.4 Å². The number of nitrogens with zero attached hydrogens (tertiary/aromatic N) is 1. The van der Waals surface area contributed by atoms with E-state index in [1.54, 1.807) is 47.6 Å². The minimum atomic E-state index is -0.0537. The Morgan fingerprint density at radius 1 is 1.17 bits per heavy atom. The number of carbonyl (C=O) groups excluding carboxylic acids is 2. The average Bonchev–Trinajstić information content (AvgIpc) is 3.32. The second-order valence-corrected chi connectivity index (χ2v) is 5.98. The van der Waals surface area contributed by atoms with E-state index in [1.165, 1.54) is 0 Å². The summed E-state index contributed by atoms with van der Waals surface area (Å²) in [7, 11) is 0. The lowest BCUT2D eigenvalue weighted by atomic mass is 10.0. The molecule has 1 saturated heterocycles. The van der Waals surface area contributed by atoms with Gasteiger partial charge in [0.05, 0.1) is 6.10 Å². The maximum Gasteiger partial charge on any atom is 0.253 e. The Morgan fingerprint density at radius 2 is 1.92 bits per heavy atom. The summed E-state index contributed by atoms with van der Waals surface area (Å²) >= 11 is 0. The number of hydrogen-bond acceptors (Lipinski definition) is 3. The molecular formula is C19H22N2O3. The number of benzene rings is 1. The number of ketones is 1. The van der Waals surface area contributed by atoms with Gasteiger partial charge in [-0.3, -0.25) is 9.59 Å². The number of aromatic nitrogens is 1. The molecule has 0 saturated carbocycles. The van der Waals surface area contributed by atoms with Crippen LogP contribution in [0.1, 0.15) is 46.0 Å². The maximum atomic E-state index is 12.7. The van der Waals surface area contributed by atoms with E-state index in [-0.39, 0.29) is 17.8 Å². The molecule has 2 heterocycles. The van der Waals surface area contributed by atoms with Crippen molar-refractivity contribution in [2.75, 3.05) is 19.7 Å². The second-order valence-electron chi connectivity index (χ2n) is 5.98. The summed E-state index contributed by atoms with van der Waals surface area (Å²) in [4.78, 5) is 29.6. The predicted octanol–water partition coefficient (Wildman–Crippen LogP) is 2.89. The summed E-state index contributed by atoms with van der Waals surface area (Å²) < 4.78 is 5.62. The van der Waals surface area contributed by atoms with Crippen LogP contribution in [0.25, 0.3) is 0 Å². The molecule has 1 N–H and O–H groups in total. The molecule has 126 valence electrons. The molecule has 24 heavy (non-hydrogen) atoms. The second kappa shape index (κ2) is 7.45. The van der Waals surface area contributed by atoms with E-state index in [2.05, 4.69) is 4.98 Å². The number of likely N-dealkylation sites (N-methyl/N-ethyl adjacent to an activating group) is 1. The summed E-state index contributed by atoms with van der Waals surface area (Å²) in [5.74, 6) is -0.0735. The van der Waals surface area contributed by atoms with Crippen molar-refractivity contribution >= 4 is 11.7 Å². The highest BCUT2D eigenvalue weighted by atomic mass is 16.5. The van der Waals surface area contributed by atoms with Crippen molar-refractivity contribution in [2.24, 2.45) is 0 Å². The molecule has 1 atom stereocenters. The number of rotatable bonds is 6. The summed E-state index contributed by atoms with van der Waals surface area (Å²) in [5.41, 5.74) is 1.79. The fourth-order valence-corrected chi connectivity index (χ4v) is 2.97. The monoisotopic (exact) mass is 326 g/mol. The van der Waals surface area contributed by atoms with Crippen molar-refractivity contribution in [3.05, 3.63) is 59.4 Å². The van der Waals surface area contributed by atoms with Crippen LogP contribution in [0, 0.1) is 0 Å². The number of aromatic amines is 1. The van der Waals surface area contributed by atoms with Gasteiger partial charge in [-0.1, -0.05) is 12.1 Å². The van der Waals surface area contributed by atoms with Gasteiger partial charge in [-0.25, -0.2) is 0 Å². The first-order chi connectivity index (χ1) is 11.7. The first-order valence-electron chi connectivity index (χ1n) is 8.37. The summed E-state index contributed by atoms with van der Waals surface area (Å²) in [5, 5.41) is 0. The zero-order valence-corrected chi connectivity index (χ0v) is 13.8. The number of hydrogen-bond donors (Lipinski definition) is 1. The molecule has 0 aliphatic carbocycles. The molecule has 3 rings (SSSR count). The molecule has 0 radical (unpaired) electrons. The topological polar surface area (TPSA) is 62.4 Å². The third-order valence-corrected chi connectivity index (χ3v) is 4.37. The van der Waals surface area contributed by atoms with Gasteiger partial charge in [0.25, 0.3) is 5.91 Å². The van der Waals surface area contributed by atoms with Gasteiger partial charge in [0.15, 0.2) is 5.78 Å². The first kappa shape index (κ1) is 16.5. The van der Waals surface area contributed by atoms with E-state index in [1.807, 2.05) is 6.92 Å². The van der Waals surface area contributed by atoms with E-state index in [0.717, 1.165) is 19.4 Å². The van der Waals surface area contributed by atoms with Gasteiger partial charge in [-0.15, -0.1) is 0 Å². The fourth-order valence-electron chi connectivity index (χ4n) is 2.97. The zero-order chi connectivity index (χ0) is 16.9. The Hall–Kier alpha value is -2.40. The summed E-state index contributed by atoms with van der Waals surface area (Å²) in [6, 6.07) is 8.60.